The van der Waals surface area contributed by atoms with Gasteiger partial charge >= 0.3 is 5.30 Å². The Kier molecular flexibility index (Phi) is 7.55. The van der Waals surface area contributed by atoms with Gasteiger partial charge in [0.05, 0.1) is 0 Å². The molecular weight excluding hydrogens is 477 g/mol. The lowest BCUT2D eigenvalue weighted by atomic mass is 10.1. The molecule has 1 aliphatic rings. The fourth-order valence-electron chi connectivity index (χ4n) is 2.98. The van der Waals surface area contributed by atoms with Crippen molar-refractivity contribution in [3.05, 3.63) is 75.9 Å². The fraction of sp³-hybridized carbons (Fsp3) is 0.190. The number of halogens is 2. The zero-order valence-electron chi connectivity index (χ0n) is 16.7. The average molecular weight is 498 g/mol. The predicted molar refractivity (Wildman–Crippen MR) is 125 cm³/mol. The van der Waals surface area contributed by atoms with Crippen molar-refractivity contribution < 1.29 is 24.2 Å². The highest BCUT2D eigenvalue weighted by Gasteiger charge is 2.42. The van der Waals surface area contributed by atoms with Crippen molar-refractivity contribution in [1.82, 2.24) is 10.0 Å². The maximum absolute atomic E-state index is 12.6. The van der Waals surface area contributed by atoms with Crippen LogP contribution in [-0.4, -0.2) is 33.3 Å². The number of rotatable bonds is 7. The van der Waals surface area contributed by atoms with Gasteiger partial charge in [-0.3, -0.25) is 9.59 Å². The Balaban J connectivity index is 1.64. The second kappa shape index (κ2) is 10.2. The number of nitrogens with two attached hydrogens (primary N) is 1. The van der Waals surface area contributed by atoms with Gasteiger partial charge in [-0.15, -0.1) is 0 Å². The molecule has 0 aromatic heterocycles. The number of nitrogens with one attached hydrogen (secondary N) is 2. The van der Waals surface area contributed by atoms with E-state index in [-0.39, 0.29) is 18.8 Å². The smallest absolute Gasteiger partial charge is 0.372 e. The third-order valence-corrected chi connectivity index (χ3v) is 8.08. The van der Waals surface area contributed by atoms with E-state index in [1.807, 2.05) is 0 Å². The van der Waals surface area contributed by atoms with E-state index in [2.05, 4.69) is 10.0 Å². The third-order valence-electron chi connectivity index (χ3n) is 4.79. The van der Waals surface area contributed by atoms with Crippen molar-refractivity contribution in [1.29, 1.82) is 0 Å². The zero-order valence-corrected chi connectivity index (χ0v) is 19.0. The first-order valence-corrected chi connectivity index (χ1v) is 12.0. The highest BCUT2D eigenvalue weighted by molar-refractivity contribution is 8.54. The molecule has 32 heavy (non-hydrogen) atoms. The van der Waals surface area contributed by atoms with Crippen LogP contribution >= 0.6 is 33.4 Å². The van der Waals surface area contributed by atoms with Crippen LogP contribution in [0.4, 0.5) is 9.59 Å². The van der Waals surface area contributed by atoms with E-state index in [0.29, 0.717) is 26.9 Å². The largest absolute Gasteiger partial charge is 0.489 e. The monoisotopic (exact) mass is 497 g/mol. The molecule has 0 radical (unpaired) electrons. The van der Waals surface area contributed by atoms with Gasteiger partial charge < -0.3 is 25.6 Å². The number of carbonyl (C=O) groups is 3. The minimum atomic E-state index is -2.87. The summed E-state index contributed by atoms with van der Waals surface area (Å²) in [5.41, 5.74) is 6.81. The summed E-state index contributed by atoms with van der Waals surface area (Å²) in [5.74, 6) is -0.168. The van der Waals surface area contributed by atoms with E-state index in [1.54, 1.807) is 48.5 Å². The average Bonchev–Trinajstić information content (AvgIpc) is 3.25. The summed E-state index contributed by atoms with van der Waals surface area (Å²) in [6.07, 6.45) is 3.09. The lowest BCUT2D eigenvalue weighted by Gasteiger charge is -2.30. The Hall–Kier alpha value is -2.88. The molecule has 0 saturated carbocycles. The summed E-state index contributed by atoms with van der Waals surface area (Å²) in [5, 5.41) is 11.0. The number of ether oxygens (including phenoxy) is 1. The van der Waals surface area contributed by atoms with Gasteiger partial charge in [0.25, 0.3) is 5.24 Å². The maximum Gasteiger partial charge on any atom is 0.372 e. The first-order valence-electron chi connectivity index (χ1n) is 9.43. The van der Waals surface area contributed by atoms with Crippen molar-refractivity contribution >= 4 is 49.9 Å². The molecule has 2 aromatic carbocycles. The van der Waals surface area contributed by atoms with E-state index >= 15 is 0 Å². The van der Waals surface area contributed by atoms with Gasteiger partial charge in [-0.2, -0.15) is 0 Å². The molecule has 0 spiro atoms. The second-order valence-corrected chi connectivity index (χ2v) is 10.5. The first-order chi connectivity index (χ1) is 15.2. The molecule has 5 N–H and O–H groups in total. The van der Waals surface area contributed by atoms with E-state index in [0.717, 1.165) is 0 Å². The molecule has 1 heterocycles. The predicted octanol–water partition coefficient (Wildman–Crippen LogP) is 4.19. The molecule has 0 aliphatic carbocycles. The summed E-state index contributed by atoms with van der Waals surface area (Å²) in [7, 11) is -2.87. The number of amides is 2. The molecule has 1 aliphatic heterocycles. The van der Waals surface area contributed by atoms with Crippen molar-refractivity contribution in [3.63, 3.8) is 0 Å². The van der Waals surface area contributed by atoms with Crippen LogP contribution in [-0.2, 0) is 17.8 Å². The van der Waals surface area contributed by atoms with Gasteiger partial charge in [-0.25, -0.2) is 4.79 Å². The number of carbonyl (C=O) groups excluding carboxylic acids is 2. The molecule has 2 atom stereocenters. The molecule has 0 saturated heterocycles. The Labute approximate surface area is 196 Å². The quantitative estimate of drug-likeness (QED) is 0.453. The molecule has 0 bridgehead atoms. The minimum absolute atomic E-state index is 0.0428. The second-order valence-electron chi connectivity index (χ2n) is 6.92. The molecule has 0 fully saturated rings. The molecule has 2 aromatic rings. The van der Waals surface area contributed by atoms with E-state index < -0.39 is 32.7 Å². The van der Waals surface area contributed by atoms with Crippen LogP contribution in [0.15, 0.2) is 54.7 Å². The summed E-state index contributed by atoms with van der Waals surface area (Å²) in [4.78, 5) is 36.2. The minimum Gasteiger partial charge on any atom is -0.489 e. The maximum atomic E-state index is 12.6. The van der Waals surface area contributed by atoms with Crippen molar-refractivity contribution in [2.24, 2.45) is 5.73 Å². The number of hydrogen-bond donors (Lipinski definition) is 4. The molecule has 3 rings (SSSR count). The number of primary amides is 1. The van der Waals surface area contributed by atoms with Gasteiger partial charge in [0, 0.05) is 44.2 Å². The summed E-state index contributed by atoms with van der Waals surface area (Å²) < 4.78 is 8.35. The van der Waals surface area contributed by atoms with Gasteiger partial charge in [0.2, 0.25) is 5.91 Å². The first kappa shape index (κ1) is 23.8. The molecule has 170 valence electrons. The van der Waals surface area contributed by atoms with Crippen LogP contribution in [0.2, 0.25) is 10.0 Å². The number of hydrogen-bond acceptors (Lipinski definition) is 5. The van der Waals surface area contributed by atoms with Crippen LogP contribution in [0.5, 0.6) is 5.75 Å². The van der Waals surface area contributed by atoms with E-state index in [1.165, 1.54) is 6.20 Å². The van der Waals surface area contributed by atoms with Crippen LogP contribution in [0, 0.1) is 0 Å². The third kappa shape index (κ3) is 5.29. The zero-order chi connectivity index (χ0) is 23.3. The topological polar surface area (TPSA) is 131 Å². The van der Waals surface area contributed by atoms with Crippen LogP contribution < -0.4 is 20.5 Å². The van der Waals surface area contributed by atoms with Gasteiger partial charge in [-0.05, 0) is 29.8 Å². The fourth-order valence-corrected chi connectivity index (χ4v) is 5.30. The number of carboxylic acid groups (broad SMARTS) is 1. The molecule has 8 nitrogen and oxygen atoms in total. The highest BCUT2D eigenvalue weighted by atomic mass is 35.5. The summed E-state index contributed by atoms with van der Waals surface area (Å²) in [6.45, 7) is 0.179. The van der Waals surface area contributed by atoms with Gasteiger partial charge in [0.1, 0.15) is 18.4 Å². The molecule has 2 amide bonds. The molecule has 1 unspecified atom stereocenters. The summed E-state index contributed by atoms with van der Waals surface area (Å²) >= 11 is 12.3. The molecule has 11 heteroatoms. The van der Waals surface area contributed by atoms with E-state index in [9.17, 15) is 19.5 Å². The Morgan fingerprint density at radius 3 is 2.34 bits per heavy atom. The van der Waals surface area contributed by atoms with Crippen LogP contribution in [0.1, 0.15) is 11.1 Å². The Bertz CT molecular complexity index is 1030. The Morgan fingerprint density at radius 2 is 1.81 bits per heavy atom. The number of benzene rings is 2. The molecular formula is C21H21Cl2N3O5S. The Morgan fingerprint density at radius 1 is 1.16 bits per heavy atom. The summed E-state index contributed by atoms with van der Waals surface area (Å²) in [6, 6.07) is 11.0. The highest BCUT2D eigenvalue weighted by Crippen LogP contribution is 2.48. The van der Waals surface area contributed by atoms with Gasteiger partial charge in [0.15, 0.2) is 0 Å². The van der Waals surface area contributed by atoms with Gasteiger partial charge in [-0.1, -0.05) is 47.5 Å². The lowest BCUT2D eigenvalue weighted by Crippen LogP contribution is -2.48. The van der Waals surface area contributed by atoms with Crippen LogP contribution in [0.25, 0.3) is 0 Å². The normalized spacial score (nSPS) is 19.9. The van der Waals surface area contributed by atoms with Crippen molar-refractivity contribution in [2.45, 2.75) is 19.1 Å². The van der Waals surface area contributed by atoms with Crippen molar-refractivity contribution in [3.8, 4) is 5.75 Å². The standard InChI is InChI=1S/C21H21Cl2N3O5S/c22-16-3-1-4-17(23)15(16)12-31-14-7-5-13(6-8-14)11-18(19(24)27)26-20(28)32(21(29)30)10-2-9-25-32/h1-9,18,25H,10-12H2,(H2,24,27)(H,26,28)(H,29,30)/t18-/m0/s1. The SMILES string of the molecule is NC(=O)[C@H](Cc1ccc(OCc2c(Cl)cccc2Cl)cc1)NC(=O)S1(C(=O)O)CC=CN1. The van der Waals surface area contributed by atoms with Crippen molar-refractivity contribution in [2.75, 3.05) is 5.75 Å². The lowest BCUT2D eigenvalue weighted by molar-refractivity contribution is -0.119. The van der Waals surface area contributed by atoms with Crippen LogP contribution in [0.3, 0.4) is 0 Å². The van der Waals surface area contributed by atoms with E-state index in [4.69, 9.17) is 33.7 Å².